The van der Waals surface area contributed by atoms with Crippen LogP contribution in [0.25, 0.3) is 0 Å². The van der Waals surface area contributed by atoms with Gasteiger partial charge in [0.2, 0.25) is 0 Å². The third kappa shape index (κ3) is 4.91. The molecule has 1 atom stereocenters. The Morgan fingerprint density at radius 2 is 2.23 bits per heavy atom. The van der Waals surface area contributed by atoms with Crippen molar-refractivity contribution in [1.29, 1.82) is 0 Å². The molecular weight excluding hydrogens is 282 g/mol. The maximum atomic E-state index is 11.4. The molecule has 1 N–H and O–H groups in total. The standard InChI is InChI=1S/C17H25NO4/c1-3-21-17(19)7-5-13-4-6-15(16(10-13)20-2)22-12-14-8-9-18-11-14/h4,6,10,14,18H,3,5,7-9,11-12H2,1-2H3. The summed E-state index contributed by atoms with van der Waals surface area (Å²) in [5.74, 6) is 1.87. The zero-order chi connectivity index (χ0) is 15.8. The van der Waals surface area contributed by atoms with E-state index in [2.05, 4.69) is 5.32 Å². The molecule has 122 valence electrons. The second-order valence-corrected chi connectivity index (χ2v) is 5.46. The van der Waals surface area contributed by atoms with Gasteiger partial charge in [-0.15, -0.1) is 0 Å². The normalized spacial score (nSPS) is 17.3. The second-order valence-electron chi connectivity index (χ2n) is 5.46. The van der Waals surface area contributed by atoms with Crippen LogP contribution >= 0.6 is 0 Å². The number of aryl methyl sites for hydroxylation is 1. The van der Waals surface area contributed by atoms with Crippen LogP contribution in [0.3, 0.4) is 0 Å². The number of rotatable bonds is 8. The summed E-state index contributed by atoms with van der Waals surface area (Å²) >= 11 is 0. The van der Waals surface area contributed by atoms with Crippen molar-refractivity contribution in [3.63, 3.8) is 0 Å². The van der Waals surface area contributed by atoms with Crippen LogP contribution in [0.2, 0.25) is 0 Å². The third-order valence-electron chi connectivity index (χ3n) is 3.79. The Kier molecular flexibility index (Phi) is 6.52. The highest BCUT2D eigenvalue weighted by Gasteiger charge is 2.16. The van der Waals surface area contributed by atoms with E-state index in [-0.39, 0.29) is 5.97 Å². The first kappa shape index (κ1) is 16.6. The van der Waals surface area contributed by atoms with Gasteiger partial charge in [0, 0.05) is 18.9 Å². The summed E-state index contributed by atoms with van der Waals surface area (Å²) in [6, 6.07) is 5.83. The largest absolute Gasteiger partial charge is 0.493 e. The first-order valence-electron chi connectivity index (χ1n) is 7.89. The number of esters is 1. The van der Waals surface area contributed by atoms with E-state index in [1.165, 1.54) is 0 Å². The Morgan fingerprint density at radius 1 is 1.36 bits per heavy atom. The van der Waals surface area contributed by atoms with E-state index in [1.54, 1.807) is 7.11 Å². The number of carbonyl (C=O) groups excluding carboxylic acids is 1. The molecule has 5 nitrogen and oxygen atoms in total. The maximum Gasteiger partial charge on any atom is 0.306 e. The van der Waals surface area contributed by atoms with Gasteiger partial charge >= 0.3 is 5.97 Å². The molecule has 1 aliphatic heterocycles. The van der Waals surface area contributed by atoms with E-state index in [4.69, 9.17) is 14.2 Å². The minimum atomic E-state index is -0.171. The zero-order valence-electron chi connectivity index (χ0n) is 13.4. The molecule has 0 aromatic heterocycles. The highest BCUT2D eigenvalue weighted by atomic mass is 16.5. The van der Waals surface area contributed by atoms with E-state index in [9.17, 15) is 4.79 Å². The molecule has 0 aliphatic carbocycles. The van der Waals surface area contributed by atoms with Crippen LogP contribution < -0.4 is 14.8 Å². The average Bonchev–Trinajstić information content (AvgIpc) is 3.05. The van der Waals surface area contributed by atoms with Gasteiger partial charge in [0.25, 0.3) is 0 Å². The third-order valence-corrected chi connectivity index (χ3v) is 3.79. The Hall–Kier alpha value is -1.75. The minimum absolute atomic E-state index is 0.171. The molecule has 5 heteroatoms. The van der Waals surface area contributed by atoms with Crippen LogP contribution in [0.1, 0.15) is 25.3 Å². The van der Waals surface area contributed by atoms with Crippen LogP contribution in [0.15, 0.2) is 18.2 Å². The lowest BCUT2D eigenvalue weighted by atomic mass is 10.1. The van der Waals surface area contributed by atoms with Gasteiger partial charge in [-0.05, 0) is 44.0 Å². The van der Waals surface area contributed by atoms with E-state index in [0.29, 0.717) is 37.7 Å². The molecule has 0 saturated carbocycles. The summed E-state index contributed by atoms with van der Waals surface area (Å²) < 4.78 is 16.2. The quantitative estimate of drug-likeness (QED) is 0.746. The van der Waals surface area contributed by atoms with Crippen LogP contribution in [-0.2, 0) is 16.0 Å². The van der Waals surface area contributed by atoms with Gasteiger partial charge in [0.15, 0.2) is 11.5 Å². The summed E-state index contributed by atoms with van der Waals surface area (Å²) in [4.78, 5) is 11.4. The van der Waals surface area contributed by atoms with Gasteiger partial charge in [0.05, 0.1) is 20.3 Å². The molecule has 2 rings (SSSR count). The van der Waals surface area contributed by atoms with Gasteiger partial charge in [-0.3, -0.25) is 4.79 Å². The molecule has 1 heterocycles. The Balaban J connectivity index is 1.90. The second kappa shape index (κ2) is 8.63. The van der Waals surface area contributed by atoms with Gasteiger partial charge in [-0.2, -0.15) is 0 Å². The predicted octanol–water partition coefficient (Wildman–Crippen LogP) is 2.18. The molecule has 1 aromatic rings. The SMILES string of the molecule is CCOC(=O)CCc1ccc(OCC2CCNC2)c(OC)c1. The van der Waals surface area contributed by atoms with E-state index in [0.717, 1.165) is 30.8 Å². The lowest BCUT2D eigenvalue weighted by Crippen LogP contribution is -2.15. The fraction of sp³-hybridized carbons (Fsp3) is 0.588. The number of hydrogen-bond acceptors (Lipinski definition) is 5. The molecule has 0 amide bonds. The van der Waals surface area contributed by atoms with Crippen LogP contribution in [0.5, 0.6) is 11.5 Å². The summed E-state index contributed by atoms with van der Waals surface area (Å²) in [6.45, 7) is 5.02. The van der Waals surface area contributed by atoms with E-state index < -0.39 is 0 Å². The van der Waals surface area contributed by atoms with Crippen molar-refractivity contribution in [2.45, 2.75) is 26.2 Å². The van der Waals surface area contributed by atoms with Crippen LogP contribution in [-0.4, -0.2) is 39.4 Å². The smallest absolute Gasteiger partial charge is 0.306 e. The summed E-state index contributed by atoms with van der Waals surface area (Å²) in [5.41, 5.74) is 1.04. The van der Waals surface area contributed by atoms with Crippen LogP contribution in [0.4, 0.5) is 0 Å². The van der Waals surface area contributed by atoms with Crippen molar-refractivity contribution in [3.8, 4) is 11.5 Å². The van der Waals surface area contributed by atoms with Crippen molar-refractivity contribution < 1.29 is 19.0 Å². The van der Waals surface area contributed by atoms with Crippen molar-refractivity contribution in [3.05, 3.63) is 23.8 Å². The number of benzene rings is 1. The highest BCUT2D eigenvalue weighted by Crippen LogP contribution is 2.29. The highest BCUT2D eigenvalue weighted by molar-refractivity contribution is 5.69. The van der Waals surface area contributed by atoms with Crippen molar-refractivity contribution in [2.75, 3.05) is 33.4 Å². The molecule has 0 radical (unpaired) electrons. The van der Waals surface area contributed by atoms with Gasteiger partial charge in [0.1, 0.15) is 0 Å². The molecule has 1 fully saturated rings. The van der Waals surface area contributed by atoms with Crippen LogP contribution in [0, 0.1) is 5.92 Å². The van der Waals surface area contributed by atoms with Gasteiger partial charge in [-0.1, -0.05) is 6.07 Å². The van der Waals surface area contributed by atoms with Gasteiger partial charge in [-0.25, -0.2) is 0 Å². The molecular formula is C17H25NO4. The van der Waals surface area contributed by atoms with Gasteiger partial charge < -0.3 is 19.5 Å². The lowest BCUT2D eigenvalue weighted by Gasteiger charge is -2.14. The predicted molar refractivity (Wildman–Crippen MR) is 84.4 cm³/mol. The molecule has 1 unspecified atom stereocenters. The minimum Gasteiger partial charge on any atom is -0.493 e. The topological polar surface area (TPSA) is 56.8 Å². The lowest BCUT2D eigenvalue weighted by molar-refractivity contribution is -0.143. The van der Waals surface area contributed by atoms with Crippen molar-refractivity contribution in [2.24, 2.45) is 5.92 Å². The number of ether oxygens (including phenoxy) is 3. The number of carbonyl (C=O) groups is 1. The molecule has 0 spiro atoms. The maximum absolute atomic E-state index is 11.4. The average molecular weight is 307 g/mol. The molecule has 22 heavy (non-hydrogen) atoms. The summed E-state index contributed by atoms with van der Waals surface area (Å²) in [6.07, 6.45) is 2.17. The fourth-order valence-corrected chi connectivity index (χ4v) is 2.53. The Bertz CT molecular complexity index is 484. The molecule has 1 aromatic carbocycles. The summed E-state index contributed by atoms with van der Waals surface area (Å²) in [7, 11) is 1.63. The number of nitrogens with one attached hydrogen (secondary N) is 1. The first-order valence-corrected chi connectivity index (χ1v) is 7.89. The molecule has 1 aliphatic rings. The zero-order valence-corrected chi connectivity index (χ0v) is 13.4. The molecule has 1 saturated heterocycles. The summed E-state index contributed by atoms with van der Waals surface area (Å²) in [5, 5.41) is 3.33. The Labute approximate surface area is 131 Å². The van der Waals surface area contributed by atoms with E-state index >= 15 is 0 Å². The monoisotopic (exact) mass is 307 g/mol. The fourth-order valence-electron chi connectivity index (χ4n) is 2.53. The van der Waals surface area contributed by atoms with Crippen molar-refractivity contribution in [1.82, 2.24) is 5.32 Å². The van der Waals surface area contributed by atoms with E-state index in [1.807, 2.05) is 25.1 Å². The molecule has 0 bridgehead atoms. The number of methoxy groups -OCH3 is 1. The number of hydrogen-bond donors (Lipinski definition) is 1. The first-order chi connectivity index (χ1) is 10.7. The van der Waals surface area contributed by atoms with Crippen molar-refractivity contribution >= 4 is 5.97 Å². The Morgan fingerprint density at radius 3 is 2.91 bits per heavy atom.